The van der Waals surface area contributed by atoms with Gasteiger partial charge in [-0.1, -0.05) is 28.9 Å². The molecule has 0 bridgehead atoms. The first-order chi connectivity index (χ1) is 17.5. The largest absolute Gasteiger partial charge is 0.351 e. The Morgan fingerprint density at radius 3 is 2.56 bits per heavy atom. The molecular weight excluding hydrogens is 534 g/mol. The minimum Gasteiger partial charge on any atom is -0.351 e. The van der Waals surface area contributed by atoms with E-state index in [1.165, 1.54) is 0 Å². The molecule has 0 unspecified atom stereocenters. The van der Waals surface area contributed by atoms with Crippen LogP contribution in [0, 0.1) is 6.92 Å². The number of hydrogen-bond donors (Lipinski definition) is 2. The van der Waals surface area contributed by atoms with Gasteiger partial charge in [0.15, 0.2) is 5.11 Å². The molecule has 182 valence electrons. The molecule has 3 heterocycles. The number of pyridine rings is 1. The van der Waals surface area contributed by atoms with Gasteiger partial charge in [0, 0.05) is 46.0 Å². The third-order valence-electron chi connectivity index (χ3n) is 6.37. The molecule has 0 aliphatic carbocycles. The smallest absolute Gasteiger partial charge is 0.224 e. The third kappa shape index (κ3) is 4.66. The molecule has 36 heavy (non-hydrogen) atoms. The lowest BCUT2D eigenvalue weighted by molar-refractivity contribution is -0.115. The maximum absolute atomic E-state index is 12.0. The van der Waals surface area contributed by atoms with Gasteiger partial charge in [0.25, 0.3) is 0 Å². The minimum atomic E-state index is -0.151. The van der Waals surface area contributed by atoms with Crippen LogP contribution in [-0.4, -0.2) is 20.6 Å². The molecule has 0 radical (unpaired) electrons. The van der Waals surface area contributed by atoms with E-state index < -0.39 is 0 Å². The average molecular weight is 561 g/mol. The number of nitrogens with one attached hydrogen (secondary N) is 2. The topological polar surface area (TPSA) is 62.2 Å². The summed E-state index contributed by atoms with van der Waals surface area (Å²) in [6.45, 7) is 3.84. The Labute approximate surface area is 224 Å². The molecular formula is C28H26BrN5OS. The molecule has 6 nitrogen and oxygen atoms in total. The van der Waals surface area contributed by atoms with Gasteiger partial charge in [-0.25, -0.2) is 0 Å². The van der Waals surface area contributed by atoms with Crippen LogP contribution in [0.1, 0.15) is 42.4 Å². The summed E-state index contributed by atoms with van der Waals surface area (Å²) in [5.74, 6) is -0.00960. The fourth-order valence-electron chi connectivity index (χ4n) is 4.58. The summed E-state index contributed by atoms with van der Waals surface area (Å²) < 4.78 is 3.22. The molecule has 5 rings (SSSR count). The molecule has 1 amide bonds. The highest BCUT2D eigenvalue weighted by molar-refractivity contribution is 9.10. The van der Waals surface area contributed by atoms with Crippen molar-refractivity contribution in [2.45, 2.75) is 32.4 Å². The van der Waals surface area contributed by atoms with Crippen LogP contribution in [0.25, 0.3) is 5.69 Å². The van der Waals surface area contributed by atoms with Gasteiger partial charge in [-0.2, -0.15) is 0 Å². The van der Waals surface area contributed by atoms with Gasteiger partial charge in [0.2, 0.25) is 5.91 Å². The van der Waals surface area contributed by atoms with Crippen LogP contribution in [0.4, 0.5) is 11.4 Å². The highest BCUT2D eigenvalue weighted by atomic mass is 79.9. The quantitative estimate of drug-likeness (QED) is 0.265. The van der Waals surface area contributed by atoms with Gasteiger partial charge in [-0.15, -0.1) is 0 Å². The number of amides is 1. The predicted molar refractivity (Wildman–Crippen MR) is 152 cm³/mol. The van der Waals surface area contributed by atoms with Crippen molar-refractivity contribution in [2.75, 3.05) is 10.2 Å². The Hall–Kier alpha value is -3.49. The van der Waals surface area contributed by atoms with Crippen LogP contribution in [0.15, 0.2) is 89.7 Å². The van der Waals surface area contributed by atoms with E-state index in [4.69, 9.17) is 12.2 Å². The van der Waals surface area contributed by atoms with E-state index in [1.807, 2.05) is 62.5 Å². The number of rotatable bonds is 6. The second-order valence-electron chi connectivity index (χ2n) is 8.68. The Balaban J connectivity index is 1.61. The molecule has 1 aliphatic rings. The molecule has 2 aromatic heterocycles. The summed E-state index contributed by atoms with van der Waals surface area (Å²) in [6.07, 6.45) is 4.31. The Kier molecular flexibility index (Phi) is 6.89. The zero-order valence-electron chi connectivity index (χ0n) is 20.0. The highest BCUT2D eigenvalue weighted by Crippen LogP contribution is 2.43. The van der Waals surface area contributed by atoms with Crippen LogP contribution in [0.3, 0.4) is 0 Å². The minimum absolute atomic E-state index is 0.00960. The van der Waals surface area contributed by atoms with Crippen molar-refractivity contribution in [3.05, 3.63) is 107 Å². The summed E-state index contributed by atoms with van der Waals surface area (Å²) in [4.78, 5) is 18.8. The van der Waals surface area contributed by atoms with Crippen molar-refractivity contribution in [3.8, 4) is 5.69 Å². The molecule has 2 aromatic carbocycles. The van der Waals surface area contributed by atoms with E-state index >= 15 is 0 Å². The maximum Gasteiger partial charge on any atom is 0.224 e. The predicted octanol–water partition coefficient (Wildman–Crippen LogP) is 6.47. The normalized spacial score (nSPS) is 17.2. The van der Waals surface area contributed by atoms with Crippen LogP contribution >= 0.6 is 28.1 Å². The standard InChI is InChI=1S/C28H26BrN5OS/c1-3-25(35)31-22-14-13-21(17-18(22)2)34-27(26(32-28(34)36)23-7-4-5-15-30-23)24-8-6-16-33(24)20-11-9-19(29)10-12-20/h4-17,26-27H,3H2,1-2H3,(H,31,35)(H,32,36)/t26-,27+/m0/s1. The van der Waals surface area contributed by atoms with Crippen molar-refractivity contribution >= 4 is 50.5 Å². The first-order valence-corrected chi connectivity index (χ1v) is 13.0. The van der Waals surface area contributed by atoms with Crippen molar-refractivity contribution < 1.29 is 4.79 Å². The summed E-state index contributed by atoms with van der Waals surface area (Å²) in [5.41, 5.74) is 5.79. The number of nitrogens with zero attached hydrogens (tertiary/aromatic N) is 3. The summed E-state index contributed by atoms with van der Waals surface area (Å²) in [5, 5.41) is 7.13. The average Bonchev–Trinajstić information content (AvgIpc) is 3.50. The first-order valence-electron chi connectivity index (χ1n) is 11.8. The Morgan fingerprint density at radius 2 is 1.86 bits per heavy atom. The van der Waals surface area contributed by atoms with E-state index in [0.29, 0.717) is 11.5 Å². The van der Waals surface area contributed by atoms with E-state index in [0.717, 1.165) is 38.5 Å². The number of halogens is 1. The van der Waals surface area contributed by atoms with Crippen molar-refractivity contribution in [2.24, 2.45) is 0 Å². The van der Waals surface area contributed by atoms with E-state index in [1.54, 1.807) is 0 Å². The molecule has 0 spiro atoms. The molecule has 1 saturated heterocycles. The fourth-order valence-corrected chi connectivity index (χ4v) is 5.19. The molecule has 1 fully saturated rings. The van der Waals surface area contributed by atoms with Crippen molar-refractivity contribution in [3.63, 3.8) is 0 Å². The number of hydrogen-bond acceptors (Lipinski definition) is 3. The number of thiocarbonyl (C=S) groups is 1. The zero-order chi connectivity index (χ0) is 25.2. The molecule has 0 saturated carbocycles. The molecule has 1 aliphatic heterocycles. The lowest BCUT2D eigenvalue weighted by Crippen LogP contribution is -2.30. The van der Waals surface area contributed by atoms with Crippen LogP contribution in [-0.2, 0) is 4.79 Å². The fraction of sp³-hybridized carbons (Fsp3) is 0.179. The number of aryl methyl sites for hydroxylation is 1. The van der Waals surface area contributed by atoms with Crippen LogP contribution in [0.5, 0.6) is 0 Å². The lowest BCUT2D eigenvalue weighted by Gasteiger charge is -2.29. The number of benzene rings is 2. The van der Waals surface area contributed by atoms with Gasteiger partial charge in [-0.3, -0.25) is 9.78 Å². The van der Waals surface area contributed by atoms with Gasteiger partial charge < -0.3 is 20.1 Å². The molecule has 4 aromatic rings. The van der Waals surface area contributed by atoms with Crippen LogP contribution in [0.2, 0.25) is 0 Å². The van der Waals surface area contributed by atoms with E-state index in [9.17, 15) is 4.79 Å². The van der Waals surface area contributed by atoms with Crippen molar-refractivity contribution in [1.29, 1.82) is 0 Å². The zero-order valence-corrected chi connectivity index (χ0v) is 22.4. The number of carbonyl (C=O) groups excluding carboxylic acids is 1. The highest BCUT2D eigenvalue weighted by Gasteiger charge is 2.42. The van der Waals surface area contributed by atoms with Gasteiger partial charge >= 0.3 is 0 Å². The molecule has 2 atom stereocenters. The summed E-state index contributed by atoms with van der Waals surface area (Å²) >= 11 is 9.43. The Morgan fingerprint density at radius 1 is 1.08 bits per heavy atom. The monoisotopic (exact) mass is 559 g/mol. The van der Waals surface area contributed by atoms with Gasteiger partial charge in [-0.05, 0) is 91.4 Å². The van der Waals surface area contributed by atoms with E-state index in [2.05, 4.69) is 77.5 Å². The number of aromatic nitrogens is 2. The second-order valence-corrected chi connectivity index (χ2v) is 9.98. The number of carbonyl (C=O) groups is 1. The van der Waals surface area contributed by atoms with Crippen LogP contribution < -0.4 is 15.5 Å². The van der Waals surface area contributed by atoms with Gasteiger partial charge in [0.1, 0.15) is 6.04 Å². The third-order valence-corrected chi connectivity index (χ3v) is 7.21. The Bertz CT molecular complexity index is 1400. The van der Waals surface area contributed by atoms with Gasteiger partial charge in [0.05, 0.1) is 11.7 Å². The summed E-state index contributed by atoms with van der Waals surface area (Å²) in [6, 6.07) is 24.1. The summed E-state index contributed by atoms with van der Waals surface area (Å²) in [7, 11) is 0. The first kappa shape index (κ1) is 24.2. The molecule has 8 heteroatoms. The number of anilines is 2. The lowest BCUT2D eigenvalue weighted by atomic mass is 10.00. The SMILES string of the molecule is CCC(=O)Nc1ccc(N2C(=S)N[C@@H](c3ccccn3)[C@H]2c2cccn2-c2ccc(Br)cc2)cc1C. The maximum atomic E-state index is 12.0. The molecule has 2 N–H and O–H groups in total. The van der Waals surface area contributed by atoms with Crippen molar-refractivity contribution in [1.82, 2.24) is 14.9 Å². The second kappa shape index (κ2) is 10.2. The van der Waals surface area contributed by atoms with E-state index in [-0.39, 0.29) is 18.0 Å².